The molecule has 0 fully saturated rings. The second-order valence-electron chi connectivity index (χ2n) is 13.4. The number of nitrogens with zero attached hydrogens (tertiary/aromatic N) is 1. The number of methoxy groups -OCH3 is 2. The number of aliphatic hydroxyl groups excluding tert-OH is 1. The van der Waals surface area contributed by atoms with E-state index in [0.29, 0.717) is 19.4 Å². The Bertz CT molecular complexity index is 667. The predicted molar refractivity (Wildman–Crippen MR) is 200 cm³/mol. The normalized spacial score (nSPS) is 11.7. The average Bonchev–Trinajstić information content (AvgIpc) is 3.08. The summed E-state index contributed by atoms with van der Waals surface area (Å²) < 4.78 is 9.35. The fourth-order valence-electron chi connectivity index (χ4n) is 6.04. The van der Waals surface area contributed by atoms with E-state index >= 15 is 0 Å². The molecule has 0 rings (SSSR count). The van der Waals surface area contributed by atoms with Gasteiger partial charge in [0.05, 0.1) is 14.2 Å². The standard InChI is InChI=1S/C41H77NO5/c1-46-40(44)34-29-25-21-17-13-9-5-3-7-11-15-19-23-27-31-36-42(38-33-39-43)37-32-28-24-20-16-12-8-4-6-10-14-18-22-26-30-35-41(45)47-2/h3-6,43H,7-39H2,1-2H3/b5-3-,6-4-. The van der Waals surface area contributed by atoms with E-state index in [1.165, 1.54) is 169 Å². The zero-order chi connectivity index (χ0) is 34.3. The highest BCUT2D eigenvalue weighted by Gasteiger charge is 2.05. The van der Waals surface area contributed by atoms with E-state index in [1.807, 2.05) is 0 Å². The number of hydrogen-bond donors (Lipinski definition) is 1. The van der Waals surface area contributed by atoms with Gasteiger partial charge in [0.15, 0.2) is 0 Å². The average molecular weight is 664 g/mol. The van der Waals surface area contributed by atoms with Gasteiger partial charge in [-0.25, -0.2) is 0 Å². The van der Waals surface area contributed by atoms with E-state index < -0.39 is 0 Å². The summed E-state index contributed by atoms with van der Waals surface area (Å²) in [5.74, 6) is -0.170. The summed E-state index contributed by atoms with van der Waals surface area (Å²) in [7, 11) is 2.92. The maximum atomic E-state index is 11.1. The lowest BCUT2D eigenvalue weighted by molar-refractivity contribution is -0.141. The van der Waals surface area contributed by atoms with E-state index in [4.69, 9.17) is 0 Å². The van der Waals surface area contributed by atoms with Crippen molar-refractivity contribution in [3.05, 3.63) is 24.3 Å². The second-order valence-corrected chi connectivity index (χ2v) is 13.4. The molecule has 0 saturated heterocycles. The highest BCUT2D eigenvalue weighted by molar-refractivity contribution is 5.69. The monoisotopic (exact) mass is 664 g/mol. The zero-order valence-corrected chi connectivity index (χ0v) is 31.2. The number of rotatable bonds is 37. The third-order valence-electron chi connectivity index (χ3n) is 9.11. The van der Waals surface area contributed by atoms with Crippen molar-refractivity contribution < 1.29 is 24.2 Å². The van der Waals surface area contributed by atoms with Gasteiger partial charge in [0.2, 0.25) is 0 Å². The van der Waals surface area contributed by atoms with E-state index in [2.05, 4.69) is 38.7 Å². The van der Waals surface area contributed by atoms with Crippen molar-refractivity contribution in [2.24, 2.45) is 0 Å². The Morgan fingerprint density at radius 2 is 0.702 bits per heavy atom. The molecule has 0 aliphatic rings. The molecule has 0 aromatic rings. The maximum absolute atomic E-state index is 11.1. The number of carbonyl (C=O) groups excluding carboxylic acids is 2. The Hall–Kier alpha value is -1.66. The lowest BCUT2D eigenvalue weighted by atomic mass is 10.1. The minimum absolute atomic E-state index is 0.0851. The number of esters is 2. The van der Waals surface area contributed by atoms with Gasteiger partial charge in [0, 0.05) is 26.0 Å². The van der Waals surface area contributed by atoms with Crippen molar-refractivity contribution in [1.29, 1.82) is 0 Å². The molecule has 0 unspecified atom stereocenters. The summed E-state index contributed by atoms with van der Waals surface area (Å²) in [5, 5.41) is 9.32. The molecule has 0 heterocycles. The van der Waals surface area contributed by atoms with E-state index in [9.17, 15) is 14.7 Å². The Morgan fingerprint density at radius 3 is 1.02 bits per heavy atom. The van der Waals surface area contributed by atoms with Gasteiger partial charge in [0.1, 0.15) is 0 Å². The Morgan fingerprint density at radius 1 is 0.426 bits per heavy atom. The molecule has 0 aliphatic carbocycles. The van der Waals surface area contributed by atoms with Crippen LogP contribution in [-0.4, -0.2) is 62.4 Å². The van der Waals surface area contributed by atoms with Gasteiger partial charge in [-0.05, 0) is 96.6 Å². The largest absolute Gasteiger partial charge is 0.469 e. The van der Waals surface area contributed by atoms with Crippen LogP contribution in [0.5, 0.6) is 0 Å². The quantitative estimate of drug-likeness (QED) is 0.0405. The topological polar surface area (TPSA) is 76.1 Å². The summed E-state index contributed by atoms with van der Waals surface area (Å²) in [6, 6.07) is 0. The molecular weight excluding hydrogens is 586 g/mol. The molecule has 0 aliphatic heterocycles. The van der Waals surface area contributed by atoms with Gasteiger partial charge in [-0.1, -0.05) is 114 Å². The van der Waals surface area contributed by atoms with Crippen molar-refractivity contribution in [1.82, 2.24) is 4.90 Å². The first kappa shape index (κ1) is 45.3. The van der Waals surface area contributed by atoms with Crippen LogP contribution in [0.15, 0.2) is 24.3 Å². The molecule has 0 aromatic heterocycles. The van der Waals surface area contributed by atoms with Crippen molar-refractivity contribution in [2.75, 3.05) is 40.5 Å². The molecule has 0 amide bonds. The highest BCUT2D eigenvalue weighted by Crippen LogP contribution is 2.13. The molecule has 276 valence electrons. The summed E-state index contributed by atoms with van der Waals surface area (Å²) in [5.41, 5.74) is 0. The van der Waals surface area contributed by atoms with Crippen LogP contribution in [0.3, 0.4) is 0 Å². The predicted octanol–water partition coefficient (Wildman–Crippen LogP) is 11.1. The van der Waals surface area contributed by atoms with E-state index in [0.717, 1.165) is 38.6 Å². The number of ether oxygens (including phenoxy) is 2. The number of carbonyl (C=O) groups is 2. The number of allylic oxidation sites excluding steroid dienone is 4. The van der Waals surface area contributed by atoms with Gasteiger partial charge in [-0.15, -0.1) is 0 Å². The van der Waals surface area contributed by atoms with E-state index in [1.54, 1.807) is 0 Å². The summed E-state index contributed by atoms with van der Waals surface area (Å²) in [4.78, 5) is 24.8. The lowest BCUT2D eigenvalue weighted by Gasteiger charge is -2.22. The van der Waals surface area contributed by atoms with Gasteiger partial charge >= 0.3 is 11.9 Å². The summed E-state index contributed by atoms with van der Waals surface area (Å²) in [6.07, 6.45) is 43.9. The Kier molecular flexibility index (Phi) is 37.4. The Balaban J connectivity index is 3.55. The molecule has 47 heavy (non-hydrogen) atoms. The molecule has 0 spiro atoms. The first-order chi connectivity index (χ1) is 23.1. The van der Waals surface area contributed by atoms with Crippen LogP contribution in [0.1, 0.15) is 186 Å². The van der Waals surface area contributed by atoms with Crippen molar-refractivity contribution in [2.45, 2.75) is 186 Å². The second kappa shape index (κ2) is 38.8. The van der Waals surface area contributed by atoms with Crippen LogP contribution < -0.4 is 0 Å². The number of hydrogen-bond acceptors (Lipinski definition) is 6. The summed E-state index contributed by atoms with van der Waals surface area (Å²) >= 11 is 0. The third-order valence-corrected chi connectivity index (χ3v) is 9.11. The minimum atomic E-state index is -0.0851. The first-order valence-electron chi connectivity index (χ1n) is 19.9. The number of unbranched alkanes of at least 4 members (excludes halogenated alkanes) is 22. The fraction of sp³-hybridized carbons (Fsp3) is 0.854. The first-order valence-corrected chi connectivity index (χ1v) is 19.9. The van der Waals surface area contributed by atoms with Gasteiger partial charge < -0.3 is 19.5 Å². The Labute approximate surface area is 291 Å². The SMILES string of the molecule is COC(=O)CCCCCCC/C=C\CCCCCCCCN(CCCO)CCCCCCCC/C=C\CCCCCCCC(=O)OC. The van der Waals surface area contributed by atoms with Gasteiger partial charge in [0.25, 0.3) is 0 Å². The van der Waals surface area contributed by atoms with Crippen LogP contribution in [0.4, 0.5) is 0 Å². The van der Waals surface area contributed by atoms with Crippen LogP contribution in [0, 0.1) is 0 Å². The molecule has 6 nitrogen and oxygen atoms in total. The minimum Gasteiger partial charge on any atom is -0.469 e. The van der Waals surface area contributed by atoms with Crippen LogP contribution >= 0.6 is 0 Å². The molecular formula is C41H77NO5. The van der Waals surface area contributed by atoms with Crippen LogP contribution in [-0.2, 0) is 19.1 Å². The van der Waals surface area contributed by atoms with Crippen molar-refractivity contribution >= 4 is 11.9 Å². The summed E-state index contributed by atoms with van der Waals surface area (Å²) in [6.45, 7) is 3.72. The smallest absolute Gasteiger partial charge is 0.305 e. The van der Waals surface area contributed by atoms with E-state index in [-0.39, 0.29) is 11.9 Å². The molecule has 0 aromatic carbocycles. The van der Waals surface area contributed by atoms with Crippen LogP contribution in [0.25, 0.3) is 0 Å². The lowest BCUT2D eigenvalue weighted by Crippen LogP contribution is -2.27. The molecule has 0 bridgehead atoms. The molecule has 0 saturated carbocycles. The zero-order valence-electron chi connectivity index (χ0n) is 31.2. The van der Waals surface area contributed by atoms with Crippen LogP contribution in [0.2, 0.25) is 0 Å². The van der Waals surface area contributed by atoms with Crippen molar-refractivity contribution in [3.8, 4) is 0 Å². The number of aliphatic hydroxyl groups is 1. The van der Waals surface area contributed by atoms with Crippen molar-refractivity contribution in [3.63, 3.8) is 0 Å². The third kappa shape index (κ3) is 37.0. The molecule has 0 atom stereocenters. The fourth-order valence-corrected chi connectivity index (χ4v) is 6.04. The molecule has 1 N–H and O–H groups in total. The van der Waals surface area contributed by atoms with Gasteiger partial charge in [-0.3, -0.25) is 9.59 Å². The molecule has 6 heteroatoms. The van der Waals surface area contributed by atoms with Gasteiger partial charge in [-0.2, -0.15) is 0 Å². The molecule has 0 radical (unpaired) electrons. The highest BCUT2D eigenvalue weighted by atomic mass is 16.5. The maximum Gasteiger partial charge on any atom is 0.305 e.